The minimum absolute atomic E-state index is 0.894. The van der Waals surface area contributed by atoms with Gasteiger partial charge in [-0.1, -0.05) is 11.5 Å². The number of nitrogens with zero attached hydrogens (tertiary/aromatic N) is 3. The van der Waals surface area contributed by atoms with Crippen LogP contribution in [0.1, 0.15) is 12.1 Å². The third-order valence-electron chi connectivity index (χ3n) is 2.65. The molecular formula is C11H17BN4. The standard InChI is InChI=1S/C11H17BN4/c1-16(2)5-3-4-10-9-6-8(12)7-13-11(9)15-14-10/h6-7H,3-5,12H2,1-2H3,(H,13,14,15). The van der Waals surface area contributed by atoms with Gasteiger partial charge in [-0.3, -0.25) is 5.10 Å². The molecule has 2 heterocycles. The Morgan fingerprint density at radius 3 is 3.00 bits per heavy atom. The molecule has 0 saturated carbocycles. The molecule has 16 heavy (non-hydrogen) atoms. The predicted octanol–water partition coefficient (Wildman–Crippen LogP) is -0.289. The summed E-state index contributed by atoms with van der Waals surface area (Å²) in [5.74, 6) is 0. The zero-order chi connectivity index (χ0) is 11.5. The molecule has 1 N–H and O–H groups in total. The second-order valence-corrected chi connectivity index (χ2v) is 4.49. The van der Waals surface area contributed by atoms with Crippen LogP contribution in [0.4, 0.5) is 0 Å². The Morgan fingerprint density at radius 1 is 1.44 bits per heavy atom. The first-order chi connectivity index (χ1) is 7.66. The van der Waals surface area contributed by atoms with Gasteiger partial charge in [0.1, 0.15) is 7.85 Å². The summed E-state index contributed by atoms with van der Waals surface area (Å²) in [5, 5.41) is 8.47. The fourth-order valence-corrected chi connectivity index (χ4v) is 1.81. The summed E-state index contributed by atoms with van der Waals surface area (Å²) in [7, 11) is 6.24. The molecule has 2 rings (SSSR count). The lowest BCUT2D eigenvalue weighted by Crippen LogP contribution is -2.13. The molecule has 0 unspecified atom stereocenters. The van der Waals surface area contributed by atoms with Crippen LogP contribution in [0, 0.1) is 0 Å². The Kier molecular flexibility index (Phi) is 3.24. The molecule has 0 aromatic carbocycles. The quantitative estimate of drug-likeness (QED) is 0.714. The van der Waals surface area contributed by atoms with Crippen molar-refractivity contribution in [3.05, 3.63) is 18.0 Å². The molecule has 0 atom stereocenters. The van der Waals surface area contributed by atoms with Crippen LogP contribution in [-0.4, -0.2) is 48.6 Å². The minimum Gasteiger partial charge on any atom is -0.309 e. The van der Waals surface area contributed by atoms with Gasteiger partial charge in [-0.15, -0.1) is 0 Å². The normalized spacial score (nSPS) is 11.4. The Balaban J connectivity index is 2.15. The van der Waals surface area contributed by atoms with Crippen molar-refractivity contribution in [1.29, 1.82) is 0 Å². The maximum atomic E-state index is 4.33. The van der Waals surface area contributed by atoms with Crippen LogP contribution in [-0.2, 0) is 6.42 Å². The number of hydrogen-bond acceptors (Lipinski definition) is 3. The van der Waals surface area contributed by atoms with Gasteiger partial charge in [0.05, 0.1) is 5.69 Å². The van der Waals surface area contributed by atoms with Crippen molar-refractivity contribution in [1.82, 2.24) is 20.1 Å². The van der Waals surface area contributed by atoms with Crippen LogP contribution in [0.2, 0.25) is 0 Å². The minimum atomic E-state index is 0.894. The zero-order valence-electron chi connectivity index (χ0n) is 10.1. The number of fused-ring (bicyclic) bond motifs is 1. The highest BCUT2D eigenvalue weighted by atomic mass is 15.1. The second-order valence-electron chi connectivity index (χ2n) is 4.49. The number of nitrogens with one attached hydrogen (secondary N) is 1. The summed E-state index contributed by atoms with van der Waals surface area (Å²) < 4.78 is 0. The van der Waals surface area contributed by atoms with E-state index in [0.29, 0.717) is 0 Å². The average molecular weight is 216 g/mol. The second kappa shape index (κ2) is 4.66. The number of pyridine rings is 1. The molecule has 0 fully saturated rings. The zero-order valence-corrected chi connectivity index (χ0v) is 10.1. The third kappa shape index (κ3) is 2.42. The lowest BCUT2D eigenvalue weighted by molar-refractivity contribution is 0.400. The van der Waals surface area contributed by atoms with Crippen molar-refractivity contribution in [2.45, 2.75) is 12.8 Å². The fourth-order valence-electron chi connectivity index (χ4n) is 1.81. The lowest BCUT2D eigenvalue weighted by Gasteiger charge is -2.07. The van der Waals surface area contributed by atoms with Gasteiger partial charge in [-0.2, -0.15) is 5.10 Å². The number of aromatic nitrogens is 3. The summed E-state index contributed by atoms with van der Waals surface area (Å²) >= 11 is 0. The first-order valence-electron chi connectivity index (χ1n) is 5.61. The van der Waals surface area contributed by atoms with E-state index >= 15 is 0 Å². The molecule has 0 amide bonds. The predicted molar refractivity (Wildman–Crippen MR) is 68.9 cm³/mol. The van der Waals surface area contributed by atoms with Crippen LogP contribution in [0.25, 0.3) is 11.0 Å². The van der Waals surface area contributed by atoms with E-state index in [1.807, 2.05) is 6.20 Å². The Labute approximate surface area is 96.5 Å². The SMILES string of the molecule is Bc1cnc2[nH]nc(CCCN(C)C)c2c1. The van der Waals surface area contributed by atoms with Crippen molar-refractivity contribution < 1.29 is 0 Å². The largest absolute Gasteiger partial charge is 0.309 e. The highest BCUT2D eigenvalue weighted by Gasteiger charge is 2.06. The van der Waals surface area contributed by atoms with E-state index in [4.69, 9.17) is 0 Å². The molecule has 0 spiro atoms. The number of hydrogen-bond donors (Lipinski definition) is 1. The van der Waals surface area contributed by atoms with Crippen molar-refractivity contribution in [3.63, 3.8) is 0 Å². The van der Waals surface area contributed by atoms with Crippen LogP contribution in [0.5, 0.6) is 0 Å². The number of rotatable bonds is 4. The van der Waals surface area contributed by atoms with Gasteiger partial charge >= 0.3 is 0 Å². The van der Waals surface area contributed by atoms with Crippen molar-refractivity contribution in [2.24, 2.45) is 0 Å². The summed E-state index contributed by atoms with van der Waals surface area (Å²) in [4.78, 5) is 6.51. The molecule has 0 aliphatic carbocycles. The molecule has 0 aliphatic heterocycles. The van der Waals surface area contributed by atoms with Gasteiger partial charge < -0.3 is 4.90 Å². The Bertz CT molecular complexity index is 478. The van der Waals surface area contributed by atoms with Gasteiger partial charge in [0.2, 0.25) is 0 Å². The molecule has 0 bridgehead atoms. The van der Waals surface area contributed by atoms with Gasteiger partial charge in [0, 0.05) is 11.6 Å². The monoisotopic (exact) mass is 216 g/mol. The smallest absolute Gasteiger partial charge is 0.155 e. The van der Waals surface area contributed by atoms with E-state index in [2.05, 4.69) is 48.1 Å². The summed E-state index contributed by atoms with van der Waals surface area (Å²) in [6.45, 7) is 1.09. The van der Waals surface area contributed by atoms with Gasteiger partial charge in [-0.05, 0) is 33.5 Å². The van der Waals surface area contributed by atoms with Crippen LogP contribution in [0.3, 0.4) is 0 Å². The molecule has 5 heteroatoms. The molecular weight excluding hydrogens is 199 g/mol. The summed E-state index contributed by atoms with van der Waals surface area (Å²) in [5.41, 5.74) is 3.21. The van der Waals surface area contributed by atoms with E-state index < -0.39 is 0 Å². The number of aromatic amines is 1. The molecule has 0 saturated heterocycles. The number of aryl methyl sites for hydroxylation is 1. The van der Waals surface area contributed by atoms with E-state index in [1.54, 1.807) is 0 Å². The average Bonchev–Trinajstić information content (AvgIpc) is 2.60. The van der Waals surface area contributed by atoms with E-state index in [0.717, 1.165) is 30.7 Å². The van der Waals surface area contributed by atoms with Crippen LogP contribution in [0.15, 0.2) is 12.3 Å². The van der Waals surface area contributed by atoms with E-state index in [9.17, 15) is 0 Å². The van der Waals surface area contributed by atoms with Crippen LogP contribution < -0.4 is 5.46 Å². The van der Waals surface area contributed by atoms with E-state index in [1.165, 1.54) is 10.8 Å². The molecule has 0 radical (unpaired) electrons. The Morgan fingerprint density at radius 2 is 2.25 bits per heavy atom. The highest BCUT2D eigenvalue weighted by Crippen LogP contribution is 2.13. The highest BCUT2D eigenvalue weighted by molar-refractivity contribution is 6.32. The maximum absolute atomic E-state index is 4.33. The lowest BCUT2D eigenvalue weighted by atomic mass is 9.97. The van der Waals surface area contributed by atoms with E-state index in [-0.39, 0.29) is 0 Å². The maximum Gasteiger partial charge on any atom is 0.155 e. The van der Waals surface area contributed by atoms with Crippen LogP contribution >= 0.6 is 0 Å². The van der Waals surface area contributed by atoms with Gasteiger partial charge in [-0.25, -0.2) is 4.98 Å². The third-order valence-corrected chi connectivity index (χ3v) is 2.65. The van der Waals surface area contributed by atoms with Gasteiger partial charge in [0.15, 0.2) is 5.65 Å². The molecule has 84 valence electrons. The molecule has 2 aromatic rings. The topological polar surface area (TPSA) is 44.8 Å². The molecule has 0 aliphatic rings. The molecule has 4 nitrogen and oxygen atoms in total. The van der Waals surface area contributed by atoms with Gasteiger partial charge in [0.25, 0.3) is 0 Å². The first-order valence-corrected chi connectivity index (χ1v) is 5.61. The first kappa shape index (κ1) is 11.1. The Hall–Kier alpha value is -1.36. The fraction of sp³-hybridized carbons (Fsp3) is 0.455. The summed E-state index contributed by atoms with van der Waals surface area (Å²) in [6.07, 6.45) is 3.99. The van der Waals surface area contributed by atoms with Crippen molar-refractivity contribution >= 4 is 24.3 Å². The number of H-pyrrole nitrogens is 1. The van der Waals surface area contributed by atoms with Crippen molar-refractivity contribution in [3.8, 4) is 0 Å². The van der Waals surface area contributed by atoms with Crippen molar-refractivity contribution in [2.75, 3.05) is 20.6 Å². The molecule has 2 aromatic heterocycles. The summed E-state index contributed by atoms with van der Waals surface area (Å²) in [6, 6.07) is 2.15.